The van der Waals surface area contributed by atoms with Crippen LogP contribution in [-0.4, -0.2) is 51.0 Å². The van der Waals surface area contributed by atoms with Gasteiger partial charge in [-0.2, -0.15) is 13.2 Å². The molecule has 232 valence electrons. The zero-order valence-electron chi connectivity index (χ0n) is 24.3. The standard InChI is InChI=1S/C18H26Cl2N2O3S.C9H8F4.C2H6/c1-13(23)18(2,14-4-5-16(19)17(20)12-14)8-11-22-9-6-15(7-10-22)21-26(3,24)25;1-2-6-3-4-8(10)7(5-6)9(11,12)13;1-2/h4-5,12,15,21H,6-11H2,1-3H3;3-5H,2H2,1H3;1-2H3. The van der Waals surface area contributed by atoms with Gasteiger partial charge >= 0.3 is 6.18 Å². The maximum atomic E-state index is 12.7. The van der Waals surface area contributed by atoms with Crippen LogP contribution in [0.3, 0.4) is 0 Å². The first-order chi connectivity index (χ1) is 19.0. The van der Waals surface area contributed by atoms with Gasteiger partial charge in [0.05, 0.1) is 27.3 Å². The number of halogens is 6. The second-order valence-corrected chi connectivity index (χ2v) is 12.5. The normalized spacial score (nSPS) is 16.1. The number of aryl methyl sites for hydroxylation is 1. The van der Waals surface area contributed by atoms with Crippen molar-refractivity contribution in [3.8, 4) is 0 Å². The third-order valence-corrected chi connectivity index (χ3v) is 8.48. The van der Waals surface area contributed by atoms with Crippen molar-refractivity contribution < 1.29 is 30.8 Å². The molecule has 2 aromatic carbocycles. The van der Waals surface area contributed by atoms with Crippen LogP contribution in [0.15, 0.2) is 36.4 Å². The minimum Gasteiger partial charge on any atom is -0.303 e. The van der Waals surface area contributed by atoms with E-state index in [1.807, 2.05) is 26.8 Å². The lowest BCUT2D eigenvalue weighted by Crippen LogP contribution is -2.45. The number of nitrogens with zero attached hydrogens (tertiary/aromatic N) is 1. The highest BCUT2D eigenvalue weighted by atomic mass is 35.5. The molecule has 1 heterocycles. The summed E-state index contributed by atoms with van der Waals surface area (Å²) in [6.45, 7) is 11.6. The zero-order chi connectivity index (χ0) is 31.6. The van der Waals surface area contributed by atoms with E-state index in [1.165, 1.54) is 12.3 Å². The van der Waals surface area contributed by atoms with Gasteiger partial charge in [0.2, 0.25) is 10.0 Å². The predicted molar refractivity (Wildman–Crippen MR) is 159 cm³/mol. The fourth-order valence-electron chi connectivity index (χ4n) is 4.33. The Morgan fingerprint density at radius 1 is 1.05 bits per heavy atom. The van der Waals surface area contributed by atoms with Crippen molar-refractivity contribution in [1.29, 1.82) is 0 Å². The number of benzene rings is 2. The number of ketones is 1. The Labute approximate surface area is 251 Å². The highest BCUT2D eigenvalue weighted by Gasteiger charge is 2.34. The van der Waals surface area contributed by atoms with Crippen molar-refractivity contribution in [2.75, 3.05) is 25.9 Å². The van der Waals surface area contributed by atoms with E-state index in [2.05, 4.69) is 9.62 Å². The molecule has 0 spiro atoms. The molecular weight excluding hydrogens is 603 g/mol. The van der Waals surface area contributed by atoms with Crippen molar-refractivity contribution in [1.82, 2.24) is 9.62 Å². The summed E-state index contributed by atoms with van der Waals surface area (Å²) in [6.07, 6.45) is -0.731. The molecule has 1 saturated heterocycles. The fraction of sp³-hybridized carbons (Fsp3) is 0.552. The highest BCUT2D eigenvalue weighted by Crippen LogP contribution is 2.34. The van der Waals surface area contributed by atoms with Crippen LogP contribution < -0.4 is 4.72 Å². The molecule has 2 aromatic rings. The van der Waals surface area contributed by atoms with Crippen LogP contribution in [0, 0.1) is 5.82 Å². The molecule has 1 N–H and O–H groups in total. The third kappa shape index (κ3) is 11.8. The van der Waals surface area contributed by atoms with Crippen LogP contribution in [0.25, 0.3) is 0 Å². The Bertz CT molecular complexity index is 1250. The molecule has 0 radical (unpaired) electrons. The number of Topliss-reactive ketones (excluding diaryl/α,β-unsaturated/α-hetero) is 1. The van der Waals surface area contributed by atoms with Crippen LogP contribution >= 0.6 is 23.2 Å². The van der Waals surface area contributed by atoms with Gasteiger partial charge in [-0.15, -0.1) is 0 Å². The number of likely N-dealkylation sites (tertiary alicyclic amines) is 1. The maximum absolute atomic E-state index is 12.7. The molecule has 0 aliphatic carbocycles. The second-order valence-electron chi connectivity index (χ2n) is 9.94. The summed E-state index contributed by atoms with van der Waals surface area (Å²) < 4.78 is 74.4. The van der Waals surface area contributed by atoms with E-state index >= 15 is 0 Å². The van der Waals surface area contributed by atoms with Crippen LogP contribution in [0.5, 0.6) is 0 Å². The number of rotatable bonds is 8. The average Bonchev–Trinajstić information content (AvgIpc) is 2.90. The van der Waals surface area contributed by atoms with Crippen LogP contribution in [0.2, 0.25) is 10.0 Å². The van der Waals surface area contributed by atoms with E-state index in [9.17, 15) is 30.8 Å². The Hall–Kier alpha value is -1.72. The van der Waals surface area contributed by atoms with Crippen LogP contribution in [0.1, 0.15) is 70.6 Å². The second kappa shape index (κ2) is 16.2. The Balaban J connectivity index is 0.000000469. The average molecular weight is 644 g/mol. The van der Waals surface area contributed by atoms with E-state index in [0.29, 0.717) is 28.5 Å². The first kappa shape index (κ1) is 37.3. The predicted octanol–water partition coefficient (Wildman–Crippen LogP) is 7.68. The summed E-state index contributed by atoms with van der Waals surface area (Å²) in [5, 5.41) is 0.922. The lowest BCUT2D eigenvalue weighted by atomic mass is 9.76. The number of alkyl halides is 3. The Kier molecular flexibility index (Phi) is 14.8. The Morgan fingerprint density at radius 2 is 1.63 bits per heavy atom. The smallest absolute Gasteiger partial charge is 0.303 e. The monoisotopic (exact) mass is 642 g/mol. The molecule has 1 unspecified atom stereocenters. The van der Waals surface area contributed by atoms with Gasteiger partial charge in [0.1, 0.15) is 11.6 Å². The Morgan fingerprint density at radius 3 is 2.10 bits per heavy atom. The third-order valence-electron chi connectivity index (χ3n) is 6.97. The highest BCUT2D eigenvalue weighted by molar-refractivity contribution is 7.88. The minimum atomic E-state index is -4.60. The molecular formula is C29H40Cl2F4N2O3S. The summed E-state index contributed by atoms with van der Waals surface area (Å²) in [4.78, 5) is 14.6. The van der Waals surface area contributed by atoms with Crippen molar-refractivity contribution in [2.45, 2.75) is 77.9 Å². The van der Waals surface area contributed by atoms with Crippen molar-refractivity contribution >= 4 is 39.0 Å². The topological polar surface area (TPSA) is 66.5 Å². The van der Waals surface area contributed by atoms with Crippen LogP contribution in [-0.2, 0) is 32.8 Å². The van der Waals surface area contributed by atoms with Gasteiger partial charge in [-0.1, -0.05) is 56.1 Å². The van der Waals surface area contributed by atoms with Crippen molar-refractivity contribution in [3.05, 3.63) is 69.0 Å². The van der Waals surface area contributed by atoms with Gasteiger partial charge in [0.15, 0.2) is 0 Å². The number of hydrogen-bond donors (Lipinski definition) is 1. The maximum Gasteiger partial charge on any atom is 0.419 e. The molecule has 41 heavy (non-hydrogen) atoms. The van der Waals surface area contributed by atoms with Gasteiger partial charge in [-0.3, -0.25) is 4.79 Å². The molecule has 1 atom stereocenters. The first-order valence-corrected chi connectivity index (χ1v) is 16.1. The summed E-state index contributed by atoms with van der Waals surface area (Å²) in [7, 11) is -3.17. The summed E-state index contributed by atoms with van der Waals surface area (Å²) in [5.74, 6) is -1.13. The summed E-state index contributed by atoms with van der Waals surface area (Å²) in [6, 6.07) is 8.39. The molecule has 0 aromatic heterocycles. The molecule has 0 amide bonds. The molecule has 5 nitrogen and oxygen atoms in total. The van der Waals surface area contributed by atoms with E-state index in [0.717, 1.165) is 50.2 Å². The molecule has 0 saturated carbocycles. The quantitative estimate of drug-likeness (QED) is 0.300. The van der Waals surface area contributed by atoms with Crippen LogP contribution in [0.4, 0.5) is 17.6 Å². The fourth-order valence-corrected chi connectivity index (χ4v) is 5.47. The molecule has 1 fully saturated rings. The zero-order valence-corrected chi connectivity index (χ0v) is 26.7. The van der Waals surface area contributed by atoms with Gasteiger partial charge in [-0.25, -0.2) is 17.5 Å². The van der Waals surface area contributed by atoms with E-state index in [1.54, 1.807) is 26.0 Å². The van der Waals surface area contributed by atoms with Gasteiger partial charge in [0.25, 0.3) is 0 Å². The lowest BCUT2D eigenvalue weighted by molar-refractivity contribution is -0.140. The van der Waals surface area contributed by atoms with Crippen molar-refractivity contribution in [3.63, 3.8) is 0 Å². The van der Waals surface area contributed by atoms with E-state index in [4.69, 9.17) is 23.2 Å². The number of nitrogens with one attached hydrogen (secondary N) is 1. The minimum absolute atomic E-state index is 0.00416. The number of piperidine rings is 1. The molecule has 1 aliphatic heterocycles. The van der Waals surface area contributed by atoms with Gasteiger partial charge in [0, 0.05) is 6.04 Å². The number of hydrogen-bond acceptors (Lipinski definition) is 4. The number of sulfonamides is 1. The largest absolute Gasteiger partial charge is 0.419 e. The summed E-state index contributed by atoms with van der Waals surface area (Å²) in [5.41, 5.74) is -0.468. The van der Waals surface area contributed by atoms with E-state index in [-0.39, 0.29) is 11.8 Å². The molecule has 0 bridgehead atoms. The number of carbonyl (C=O) groups is 1. The molecule has 1 aliphatic rings. The summed E-state index contributed by atoms with van der Waals surface area (Å²) >= 11 is 12.1. The van der Waals surface area contributed by atoms with Gasteiger partial charge < -0.3 is 4.90 Å². The SMILES string of the molecule is CC.CC(=O)C(C)(CCN1CCC(NS(C)(=O)=O)CC1)c1ccc(Cl)c(Cl)c1.CCc1ccc(F)c(C(F)(F)F)c1. The lowest BCUT2D eigenvalue weighted by Gasteiger charge is -2.35. The first-order valence-electron chi connectivity index (χ1n) is 13.5. The van der Waals surface area contributed by atoms with Gasteiger partial charge in [-0.05, 0) is 94.6 Å². The molecule has 12 heteroatoms. The number of carbonyl (C=O) groups excluding carboxylic acids is 1. The van der Waals surface area contributed by atoms with E-state index < -0.39 is 33.0 Å². The molecule has 3 rings (SSSR count). The van der Waals surface area contributed by atoms with Crippen molar-refractivity contribution in [2.24, 2.45) is 0 Å².